The van der Waals surface area contributed by atoms with Crippen LogP contribution >= 0.6 is 0 Å². The number of aliphatic hydroxyl groups is 1. The van der Waals surface area contributed by atoms with E-state index in [0.717, 1.165) is 32.0 Å². The number of hydrogen-bond acceptors (Lipinski definition) is 3. The van der Waals surface area contributed by atoms with Crippen molar-refractivity contribution >= 4 is 0 Å². The lowest BCUT2D eigenvalue weighted by molar-refractivity contribution is 0.112. The van der Waals surface area contributed by atoms with Gasteiger partial charge in [-0.2, -0.15) is 0 Å². The van der Waals surface area contributed by atoms with Crippen molar-refractivity contribution < 1.29 is 5.11 Å². The predicted molar refractivity (Wildman–Crippen MR) is 57.0 cm³/mol. The van der Waals surface area contributed by atoms with Gasteiger partial charge in [0.1, 0.15) is 0 Å². The van der Waals surface area contributed by atoms with Gasteiger partial charge in [-0.15, -0.1) is 0 Å². The van der Waals surface area contributed by atoms with E-state index < -0.39 is 0 Å². The Kier molecular flexibility index (Phi) is 3.10. The summed E-state index contributed by atoms with van der Waals surface area (Å²) in [5, 5.41) is 9.52. The van der Waals surface area contributed by atoms with E-state index in [9.17, 15) is 5.11 Å². The lowest BCUT2D eigenvalue weighted by Gasteiger charge is -2.26. The highest BCUT2D eigenvalue weighted by Gasteiger charge is 2.48. The summed E-state index contributed by atoms with van der Waals surface area (Å²) in [6.07, 6.45) is 4.96. The van der Waals surface area contributed by atoms with Crippen molar-refractivity contribution in [2.45, 2.75) is 25.7 Å². The van der Waals surface area contributed by atoms with Gasteiger partial charge < -0.3 is 15.7 Å². The average Bonchev–Trinajstić information content (AvgIpc) is 2.70. The van der Waals surface area contributed by atoms with Crippen LogP contribution in [0.1, 0.15) is 25.7 Å². The van der Waals surface area contributed by atoms with Crippen molar-refractivity contribution in [1.82, 2.24) is 4.90 Å². The predicted octanol–water partition coefficient (Wildman–Crippen LogP) is 0.430. The summed E-state index contributed by atoms with van der Waals surface area (Å²) < 4.78 is 0. The maximum Gasteiger partial charge on any atom is 0.0502 e. The zero-order chi connectivity index (χ0) is 10.0. The monoisotopic (exact) mass is 198 g/mol. The van der Waals surface area contributed by atoms with E-state index in [4.69, 9.17) is 5.73 Å². The highest BCUT2D eigenvalue weighted by Crippen LogP contribution is 2.48. The lowest BCUT2D eigenvalue weighted by atomic mass is 9.82. The van der Waals surface area contributed by atoms with E-state index >= 15 is 0 Å². The number of nitrogens with zero attached hydrogens (tertiary/aromatic N) is 1. The van der Waals surface area contributed by atoms with E-state index in [0.29, 0.717) is 6.61 Å². The van der Waals surface area contributed by atoms with Gasteiger partial charge in [0.25, 0.3) is 0 Å². The van der Waals surface area contributed by atoms with Gasteiger partial charge in [-0.05, 0) is 38.3 Å². The van der Waals surface area contributed by atoms with Crippen LogP contribution in [-0.4, -0.2) is 42.8 Å². The molecule has 82 valence electrons. The number of likely N-dealkylation sites (tertiary alicyclic amines) is 1. The minimum absolute atomic E-state index is 0.259. The molecular weight excluding hydrogens is 176 g/mol. The first-order valence-corrected chi connectivity index (χ1v) is 5.84. The fraction of sp³-hybridized carbons (Fsp3) is 1.00. The summed E-state index contributed by atoms with van der Waals surface area (Å²) in [5.41, 5.74) is 5.77. The van der Waals surface area contributed by atoms with Gasteiger partial charge in [0, 0.05) is 18.5 Å². The molecule has 0 spiro atoms. The Morgan fingerprint density at radius 1 is 1.50 bits per heavy atom. The van der Waals surface area contributed by atoms with Crippen LogP contribution in [0.3, 0.4) is 0 Å². The van der Waals surface area contributed by atoms with Crippen LogP contribution in [0.4, 0.5) is 0 Å². The standard InChI is InChI=1S/C11H22N2O/c12-5-2-6-13-7-10-3-1-4-11(10,8-13)9-14/h10,14H,1-9,12H2/t10-,11-/m0/s1. The average molecular weight is 198 g/mol. The normalized spacial score (nSPS) is 37.7. The van der Waals surface area contributed by atoms with Crippen LogP contribution in [0, 0.1) is 11.3 Å². The SMILES string of the molecule is NCCCN1C[C@@H]2CCC[C@@]2(CO)C1. The number of nitrogens with two attached hydrogens (primary N) is 1. The first-order valence-electron chi connectivity index (χ1n) is 5.84. The maximum absolute atomic E-state index is 9.52. The Bertz CT molecular complexity index is 198. The lowest BCUT2D eigenvalue weighted by Crippen LogP contribution is -2.31. The molecule has 0 amide bonds. The molecule has 1 aliphatic carbocycles. The fourth-order valence-corrected chi connectivity index (χ4v) is 3.27. The van der Waals surface area contributed by atoms with Crippen molar-refractivity contribution in [3.63, 3.8) is 0 Å². The second-order valence-corrected chi connectivity index (χ2v) is 4.99. The van der Waals surface area contributed by atoms with Crippen LogP contribution in [-0.2, 0) is 0 Å². The Labute approximate surface area is 86.3 Å². The van der Waals surface area contributed by atoms with Crippen molar-refractivity contribution in [2.75, 3.05) is 32.8 Å². The largest absolute Gasteiger partial charge is 0.396 e. The number of aliphatic hydroxyl groups excluding tert-OH is 1. The Morgan fingerprint density at radius 2 is 2.36 bits per heavy atom. The highest BCUT2D eigenvalue weighted by atomic mass is 16.3. The van der Waals surface area contributed by atoms with E-state index in [1.54, 1.807) is 0 Å². The molecular formula is C11H22N2O. The van der Waals surface area contributed by atoms with E-state index in [2.05, 4.69) is 4.90 Å². The summed E-state index contributed by atoms with van der Waals surface area (Å²) in [6.45, 7) is 4.59. The third kappa shape index (κ3) is 1.69. The molecule has 1 aliphatic heterocycles. The molecule has 0 bridgehead atoms. The first-order chi connectivity index (χ1) is 6.80. The molecule has 2 aliphatic rings. The zero-order valence-electron chi connectivity index (χ0n) is 8.91. The summed E-state index contributed by atoms with van der Waals surface area (Å²) in [4.78, 5) is 2.49. The number of fused-ring (bicyclic) bond motifs is 1. The second-order valence-electron chi connectivity index (χ2n) is 4.99. The van der Waals surface area contributed by atoms with Crippen LogP contribution in [0.15, 0.2) is 0 Å². The molecule has 3 N–H and O–H groups in total. The number of hydrogen-bond donors (Lipinski definition) is 2. The molecule has 14 heavy (non-hydrogen) atoms. The molecule has 0 aromatic rings. The van der Waals surface area contributed by atoms with E-state index in [1.807, 2.05) is 0 Å². The Balaban J connectivity index is 1.91. The van der Waals surface area contributed by atoms with E-state index in [-0.39, 0.29) is 5.41 Å². The highest BCUT2D eigenvalue weighted by molar-refractivity contribution is 5.00. The molecule has 1 saturated carbocycles. The van der Waals surface area contributed by atoms with Gasteiger partial charge in [0.2, 0.25) is 0 Å². The molecule has 1 saturated heterocycles. The summed E-state index contributed by atoms with van der Waals surface area (Å²) in [5.74, 6) is 0.755. The molecule has 0 unspecified atom stereocenters. The molecule has 2 rings (SSSR count). The van der Waals surface area contributed by atoms with E-state index in [1.165, 1.54) is 25.8 Å². The van der Waals surface area contributed by atoms with Gasteiger partial charge in [0.15, 0.2) is 0 Å². The third-order valence-corrected chi connectivity index (χ3v) is 4.10. The minimum atomic E-state index is 0.259. The van der Waals surface area contributed by atoms with Crippen LogP contribution in [0.5, 0.6) is 0 Å². The van der Waals surface area contributed by atoms with Crippen LogP contribution in [0.25, 0.3) is 0 Å². The van der Waals surface area contributed by atoms with Gasteiger partial charge in [-0.25, -0.2) is 0 Å². The van der Waals surface area contributed by atoms with Crippen molar-refractivity contribution in [1.29, 1.82) is 0 Å². The zero-order valence-corrected chi connectivity index (χ0v) is 8.91. The quantitative estimate of drug-likeness (QED) is 0.689. The molecule has 0 aromatic carbocycles. The van der Waals surface area contributed by atoms with Gasteiger partial charge in [-0.1, -0.05) is 6.42 Å². The summed E-state index contributed by atoms with van der Waals surface area (Å²) in [7, 11) is 0. The fourth-order valence-electron chi connectivity index (χ4n) is 3.27. The van der Waals surface area contributed by atoms with Crippen molar-refractivity contribution in [3.05, 3.63) is 0 Å². The molecule has 0 radical (unpaired) electrons. The van der Waals surface area contributed by atoms with Gasteiger partial charge >= 0.3 is 0 Å². The summed E-state index contributed by atoms with van der Waals surface area (Å²) >= 11 is 0. The van der Waals surface area contributed by atoms with Crippen LogP contribution < -0.4 is 5.73 Å². The molecule has 2 fully saturated rings. The molecule has 1 heterocycles. The Hall–Kier alpha value is -0.120. The smallest absolute Gasteiger partial charge is 0.0502 e. The Morgan fingerprint density at radius 3 is 3.00 bits per heavy atom. The van der Waals surface area contributed by atoms with Crippen molar-refractivity contribution in [3.8, 4) is 0 Å². The molecule has 3 heteroatoms. The molecule has 3 nitrogen and oxygen atoms in total. The second kappa shape index (κ2) is 4.17. The third-order valence-electron chi connectivity index (χ3n) is 4.10. The van der Waals surface area contributed by atoms with Crippen molar-refractivity contribution in [2.24, 2.45) is 17.1 Å². The number of rotatable bonds is 4. The minimum Gasteiger partial charge on any atom is -0.396 e. The summed E-state index contributed by atoms with van der Waals surface area (Å²) in [6, 6.07) is 0. The van der Waals surface area contributed by atoms with Gasteiger partial charge in [-0.3, -0.25) is 0 Å². The first kappa shape index (κ1) is 10.4. The maximum atomic E-state index is 9.52. The molecule has 2 atom stereocenters. The molecule has 0 aromatic heterocycles. The van der Waals surface area contributed by atoms with Gasteiger partial charge in [0.05, 0.1) is 6.61 Å². The van der Waals surface area contributed by atoms with Crippen LogP contribution in [0.2, 0.25) is 0 Å². The topological polar surface area (TPSA) is 49.5 Å².